The number of carboxylic acid groups (broad SMARTS) is 1. The molecule has 9 heteroatoms. The first kappa shape index (κ1) is 24.3. The summed E-state index contributed by atoms with van der Waals surface area (Å²) in [6.45, 7) is 4.24. The first-order valence-corrected chi connectivity index (χ1v) is 12.9. The van der Waals surface area contributed by atoms with Crippen LogP contribution in [0.2, 0.25) is 0 Å². The van der Waals surface area contributed by atoms with Gasteiger partial charge in [0, 0.05) is 36.8 Å². The Hall–Kier alpha value is -3.36. The molecule has 0 saturated heterocycles. The number of rotatable bonds is 5. The molecule has 9 nitrogen and oxygen atoms in total. The van der Waals surface area contributed by atoms with Gasteiger partial charge in [-0.2, -0.15) is 5.10 Å². The Bertz CT molecular complexity index is 1290. The summed E-state index contributed by atoms with van der Waals surface area (Å²) in [6.07, 6.45) is 9.09. The van der Waals surface area contributed by atoms with E-state index in [1.54, 1.807) is 4.90 Å². The van der Waals surface area contributed by atoms with Gasteiger partial charge in [-0.3, -0.25) is 14.4 Å². The Balaban J connectivity index is 1.60. The third-order valence-corrected chi connectivity index (χ3v) is 8.01. The summed E-state index contributed by atoms with van der Waals surface area (Å²) >= 11 is 0. The number of carboxylic acids is 1. The van der Waals surface area contributed by atoms with Gasteiger partial charge in [0.25, 0.3) is 0 Å². The van der Waals surface area contributed by atoms with Gasteiger partial charge in [0.15, 0.2) is 0 Å². The highest BCUT2D eigenvalue weighted by molar-refractivity contribution is 5.95. The number of hydrogen-bond donors (Lipinski definition) is 1. The number of amides is 1. The van der Waals surface area contributed by atoms with Crippen molar-refractivity contribution in [1.82, 2.24) is 19.3 Å². The van der Waals surface area contributed by atoms with Crippen molar-refractivity contribution in [2.24, 2.45) is 13.0 Å². The van der Waals surface area contributed by atoms with Crippen LogP contribution < -0.4 is 4.90 Å². The Kier molecular flexibility index (Phi) is 6.49. The summed E-state index contributed by atoms with van der Waals surface area (Å²) in [4.78, 5) is 31.2. The minimum Gasteiger partial charge on any atom is -0.481 e. The van der Waals surface area contributed by atoms with E-state index >= 15 is 0 Å². The number of carbonyl (C=O) groups is 2. The maximum absolute atomic E-state index is 12.6. The maximum Gasteiger partial charge on any atom is 0.414 e. The molecular weight excluding hydrogens is 458 g/mol. The summed E-state index contributed by atoms with van der Waals surface area (Å²) in [5.41, 5.74) is 5.13. The van der Waals surface area contributed by atoms with Crippen LogP contribution in [0.5, 0.6) is 0 Å². The van der Waals surface area contributed by atoms with E-state index in [2.05, 4.69) is 22.7 Å². The Morgan fingerprint density at radius 3 is 2.58 bits per heavy atom. The van der Waals surface area contributed by atoms with Crippen molar-refractivity contribution < 1.29 is 19.4 Å². The number of anilines is 1. The number of hydrogen-bond acceptors (Lipinski definition) is 5. The van der Waals surface area contributed by atoms with Crippen LogP contribution in [0.4, 0.5) is 10.5 Å². The second-order valence-electron chi connectivity index (χ2n) is 10.5. The average Bonchev–Trinajstić information content (AvgIpc) is 3.46. The van der Waals surface area contributed by atoms with Gasteiger partial charge in [-0.15, -0.1) is 0 Å². The molecule has 2 unspecified atom stereocenters. The third-order valence-electron chi connectivity index (χ3n) is 8.01. The van der Waals surface area contributed by atoms with E-state index in [1.807, 2.05) is 37.1 Å². The first-order valence-electron chi connectivity index (χ1n) is 12.9. The predicted octanol–water partition coefficient (Wildman–Crippen LogP) is 4.84. The minimum atomic E-state index is -0.694. The van der Waals surface area contributed by atoms with Crippen LogP contribution in [0, 0.1) is 5.92 Å². The fraction of sp³-hybridized carbons (Fsp3) is 0.556. The predicted molar refractivity (Wildman–Crippen MR) is 136 cm³/mol. The number of methoxy groups -OCH3 is 1. The number of nitrogens with zero attached hydrogens (tertiary/aromatic N) is 5. The van der Waals surface area contributed by atoms with Gasteiger partial charge in [-0.25, -0.2) is 9.78 Å². The fourth-order valence-corrected chi connectivity index (χ4v) is 6.13. The fourth-order valence-electron chi connectivity index (χ4n) is 6.13. The topological polar surface area (TPSA) is 102 Å². The number of aromatic nitrogens is 4. The quantitative estimate of drug-likeness (QED) is 0.546. The molecule has 1 fully saturated rings. The summed E-state index contributed by atoms with van der Waals surface area (Å²) in [7, 11) is 3.34. The van der Waals surface area contributed by atoms with Crippen LogP contribution in [0.15, 0.2) is 24.5 Å². The van der Waals surface area contributed by atoms with Gasteiger partial charge in [-0.1, -0.05) is 6.92 Å². The second-order valence-corrected chi connectivity index (χ2v) is 10.5. The van der Waals surface area contributed by atoms with Crippen molar-refractivity contribution in [2.75, 3.05) is 12.0 Å². The van der Waals surface area contributed by atoms with Crippen molar-refractivity contribution in [2.45, 2.75) is 76.8 Å². The lowest BCUT2D eigenvalue weighted by atomic mass is 9.85. The minimum absolute atomic E-state index is 0.0553. The van der Waals surface area contributed by atoms with Crippen molar-refractivity contribution in [3.63, 3.8) is 0 Å². The standard InChI is InChI=1S/C27H35N5O4/c1-16(13-18-14-28-30(3)15-18)25-29-24-21-10-5-17(2)31(27(35)36-4)22(21)11-12-23(24)32(25)20-8-6-19(7-9-20)26(33)34/h11-12,14-17,19-20H,5-10,13H2,1-4H3,(H,33,34). The van der Waals surface area contributed by atoms with E-state index in [0.29, 0.717) is 12.8 Å². The molecule has 0 bridgehead atoms. The molecule has 192 valence electrons. The van der Waals surface area contributed by atoms with Crippen LogP contribution in [0.3, 0.4) is 0 Å². The number of carbonyl (C=O) groups excluding carboxylic acids is 1. The van der Waals surface area contributed by atoms with Crippen molar-refractivity contribution in [3.8, 4) is 0 Å². The van der Waals surface area contributed by atoms with E-state index in [9.17, 15) is 14.7 Å². The molecule has 3 aromatic rings. The van der Waals surface area contributed by atoms with Crippen molar-refractivity contribution >= 4 is 28.8 Å². The zero-order valence-corrected chi connectivity index (χ0v) is 21.5. The Labute approximate surface area is 211 Å². The molecule has 1 aliphatic carbocycles. The van der Waals surface area contributed by atoms with E-state index in [1.165, 1.54) is 7.11 Å². The number of fused-ring (bicyclic) bond motifs is 3. The molecule has 5 rings (SSSR count). The molecule has 36 heavy (non-hydrogen) atoms. The van der Waals surface area contributed by atoms with E-state index < -0.39 is 5.97 Å². The lowest BCUT2D eigenvalue weighted by Gasteiger charge is -2.34. The average molecular weight is 494 g/mol. The lowest BCUT2D eigenvalue weighted by Crippen LogP contribution is -2.42. The normalized spacial score (nSPS) is 22.9. The molecule has 1 saturated carbocycles. The summed E-state index contributed by atoms with van der Waals surface area (Å²) in [6, 6.07) is 4.37. The lowest BCUT2D eigenvalue weighted by molar-refractivity contribution is -0.143. The number of benzene rings is 1. The maximum atomic E-state index is 12.6. The van der Waals surface area contributed by atoms with Crippen LogP contribution in [-0.2, 0) is 29.4 Å². The number of aliphatic carboxylic acids is 1. The number of ether oxygens (including phenoxy) is 1. The van der Waals surface area contributed by atoms with E-state index in [4.69, 9.17) is 9.72 Å². The number of aryl methyl sites for hydroxylation is 2. The zero-order chi connectivity index (χ0) is 25.6. The highest BCUT2D eigenvalue weighted by Gasteiger charge is 2.34. The van der Waals surface area contributed by atoms with Gasteiger partial charge in [-0.05, 0) is 69.6 Å². The van der Waals surface area contributed by atoms with Crippen LogP contribution in [-0.4, -0.2) is 49.7 Å². The molecule has 1 aliphatic heterocycles. The monoisotopic (exact) mass is 493 g/mol. The van der Waals surface area contributed by atoms with Gasteiger partial charge in [0.05, 0.1) is 35.9 Å². The Morgan fingerprint density at radius 2 is 1.94 bits per heavy atom. The molecule has 1 amide bonds. The second kappa shape index (κ2) is 9.59. The molecule has 1 aromatic carbocycles. The molecule has 0 spiro atoms. The molecule has 0 radical (unpaired) electrons. The van der Waals surface area contributed by atoms with Crippen LogP contribution >= 0.6 is 0 Å². The van der Waals surface area contributed by atoms with Crippen LogP contribution in [0.1, 0.15) is 74.9 Å². The van der Waals surface area contributed by atoms with Crippen molar-refractivity contribution in [1.29, 1.82) is 0 Å². The molecule has 1 N–H and O–H groups in total. The third kappa shape index (κ3) is 4.24. The highest BCUT2D eigenvalue weighted by atomic mass is 16.5. The highest BCUT2D eigenvalue weighted by Crippen LogP contribution is 2.41. The summed E-state index contributed by atoms with van der Waals surface area (Å²) in [5.74, 6) is 0.202. The molecule has 2 atom stereocenters. The first-order chi connectivity index (χ1) is 17.3. The Morgan fingerprint density at radius 1 is 1.19 bits per heavy atom. The van der Waals surface area contributed by atoms with Crippen LogP contribution in [0.25, 0.3) is 11.0 Å². The van der Waals surface area contributed by atoms with E-state index in [0.717, 1.165) is 65.8 Å². The SMILES string of the molecule is COC(=O)N1c2ccc3c(nc(C(C)Cc4cnn(C)c4)n3C3CCC(C(=O)O)CC3)c2CCC1C. The molecule has 2 aromatic heterocycles. The largest absolute Gasteiger partial charge is 0.481 e. The van der Waals surface area contributed by atoms with Gasteiger partial charge in [0.1, 0.15) is 5.82 Å². The zero-order valence-electron chi connectivity index (χ0n) is 21.5. The molecule has 2 aliphatic rings. The summed E-state index contributed by atoms with van der Waals surface area (Å²) in [5, 5.41) is 13.8. The van der Waals surface area contributed by atoms with Gasteiger partial charge < -0.3 is 14.4 Å². The smallest absolute Gasteiger partial charge is 0.414 e. The van der Waals surface area contributed by atoms with E-state index in [-0.39, 0.29) is 30.0 Å². The number of imidazole rings is 1. The molecule has 3 heterocycles. The van der Waals surface area contributed by atoms with Crippen molar-refractivity contribution in [3.05, 3.63) is 41.5 Å². The molecular formula is C27H35N5O4. The summed E-state index contributed by atoms with van der Waals surface area (Å²) < 4.78 is 9.28. The van der Waals surface area contributed by atoms with Gasteiger partial charge in [0.2, 0.25) is 0 Å². The van der Waals surface area contributed by atoms with Gasteiger partial charge >= 0.3 is 12.1 Å².